The summed E-state index contributed by atoms with van der Waals surface area (Å²) < 4.78 is 28.6. The van der Waals surface area contributed by atoms with Crippen LogP contribution in [0.5, 0.6) is 5.75 Å². The number of epoxide rings is 1. The van der Waals surface area contributed by atoms with Gasteiger partial charge in [-0.3, -0.25) is 10.1 Å². The molecule has 240 valence electrons. The number of alkyl carbamates (subject to hydrolysis) is 1. The second-order valence-corrected chi connectivity index (χ2v) is 12.1. The van der Waals surface area contributed by atoms with Crippen molar-refractivity contribution < 1.29 is 43.2 Å². The van der Waals surface area contributed by atoms with Crippen molar-refractivity contribution in [3.8, 4) is 5.75 Å². The van der Waals surface area contributed by atoms with Crippen LogP contribution < -0.4 is 15.0 Å². The molecule has 12 heteroatoms. The number of benzene rings is 1. The molecule has 2 saturated heterocycles. The van der Waals surface area contributed by atoms with Crippen molar-refractivity contribution in [3.05, 3.63) is 58.7 Å². The number of nitrogens with one attached hydrogen (secondary N) is 1. The normalized spacial score (nSPS) is 34.0. The molecule has 1 aromatic carbocycles. The van der Waals surface area contributed by atoms with Gasteiger partial charge in [0.05, 0.1) is 25.3 Å². The van der Waals surface area contributed by atoms with Crippen molar-refractivity contribution in [2.75, 3.05) is 26.2 Å². The molecule has 7 atom stereocenters. The van der Waals surface area contributed by atoms with E-state index < -0.39 is 53.7 Å². The Kier molecular flexibility index (Phi) is 10.1. The van der Waals surface area contributed by atoms with Crippen molar-refractivity contribution >= 4 is 35.3 Å². The number of methoxy groups -OCH3 is 2. The molecule has 0 aromatic heterocycles. The molecule has 0 radical (unpaired) electrons. The van der Waals surface area contributed by atoms with Gasteiger partial charge in [-0.2, -0.15) is 0 Å². The first-order chi connectivity index (χ1) is 20.8. The minimum Gasteiger partial charge on any atom is -0.495 e. The number of nitrogens with zero attached hydrogens (tertiary/aromatic N) is 1. The topological polar surface area (TPSA) is 136 Å². The number of amides is 2. The number of hydrogen-bond donors (Lipinski definition) is 2. The molecule has 3 heterocycles. The number of carbonyl (C=O) groups is 3. The van der Waals surface area contributed by atoms with Crippen molar-refractivity contribution in [1.82, 2.24) is 5.32 Å². The summed E-state index contributed by atoms with van der Waals surface area (Å²) in [4.78, 5) is 40.5. The second kappa shape index (κ2) is 13.3. The third-order valence-corrected chi connectivity index (χ3v) is 8.89. The van der Waals surface area contributed by atoms with Crippen molar-refractivity contribution in [2.24, 2.45) is 5.92 Å². The lowest BCUT2D eigenvalue weighted by Crippen LogP contribution is -2.63. The van der Waals surface area contributed by atoms with Crippen LogP contribution in [0.1, 0.15) is 46.1 Å². The van der Waals surface area contributed by atoms with Gasteiger partial charge in [0.1, 0.15) is 34.7 Å². The molecule has 2 fully saturated rings. The number of esters is 1. The van der Waals surface area contributed by atoms with Crippen LogP contribution in [-0.4, -0.2) is 80.1 Å². The highest BCUT2D eigenvalue weighted by atomic mass is 35.5. The predicted molar refractivity (Wildman–Crippen MR) is 164 cm³/mol. The Balaban J connectivity index is 1.80. The molecule has 3 aliphatic heterocycles. The van der Waals surface area contributed by atoms with E-state index in [1.807, 2.05) is 26.0 Å². The Labute approximate surface area is 262 Å². The highest BCUT2D eigenvalue weighted by Crippen LogP contribution is 2.49. The molecule has 0 saturated carbocycles. The van der Waals surface area contributed by atoms with E-state index in [0.29, 0.717) is 17.9 Å². The van der Waals surface area contributed by atoms with E-state index in [0.717, 1.165) is 11.1 Å². The van der Waals surface area contributed by atoms with Gasteiger partial charge in [-0.25, -0.2) is 9.59 Å². The van der Waals surface area contributed by atoms with E-state index in [1.165, 1.54) is 25.2 Å². The van der Waals surface area contributed by atoms with Crippen LogP contribution in [0.3, 0.4) is 0 Å². The van der Waals surface area contributed by atoms with Crippen molar-refractivity contribution in [1.29, 1.82) is 0 Å². The molecule has 11 nitrogen and oxygen atoms in total. The van der Waals surface area contributed by atoms with Crippen LogP contribution in [0.2, 0.25) is 5.02 Å². The number of halogens is 1. The lowest BCUT2D eigenvalue weighted by atomic mass is 9.83. The van der Waals surface area contributed by atoms with Gasteiger partial charge in [-0.05, 0) is 44.9 Å². The van der Waals surface area contributed by atoms with Crippen LogP contribution in [-0.2, 0) is 35.0 Å². The van der Waals surface area contributed by atoms with E-state index >= 15 is 0 Å². The zero-order valence-corrected chi connectivity index (χ0v) is 26.8. The third-order valence-electron chi connectivity index (χ3n) is 8.51. The molecule has 44 heavy (non-hydrogen) atoms. The maximum absolute atomic E-state index is 13.8. The smallest absolute Gasteiger partial charge is 0.409 e. The van der Waals surface area contributed by atoms with Gasteiger partial charge in [-0.1, -0.05) is 48.4 Å². The summed E-state index contributed by atoms with van der Waals surface area (Å²) in [5.74, 6) is -1.04. The van der Waals surface area contributed by atoms with Gasteiger partial charge in [0.25, 0.3) is 0 Å². The van der Waals surface area contributed by atoms with E-state index in [2.05, 4.69) is 5.32 Å². The van der Waals surface area contributed by atoms with Crippen LogP contribution in [0.15, 0.2) is 48.1 Å². The minimum atomic E-state index is -1.77. The summed E-state index contributed by atoms with van der Waals surface area (Å²) in [5, 5.41) is 14.3. The van der Waals surface area contributed by atoms with Crippen LogP contribution >= 0.6 is 11.6 Å². The quantitative estimate of drug-likeness (QED) is 0.284. The average Bonchev–Trinajstić information content (AvgIpc) is 3.66. The Morgan fingerprint density at radius 3 is 2.66 bits per heavy atom. The maximum Gasteiger partial charge on any atom is 0.409 e. The first-order valence-corrected chi connectivity index (χ1v) is 14.9. The monoisotopic (exact) mass is 632 g/mol. The van der Waals surface area contributed by atoms with E-state index in [1.54, 1.807) is 45.2 Å². The first-order valence-electron chi connectivity index (χ1n) is 14.5. The number of ether oxygens (including phenoxy) is 5. The van der Waals surface area contributed by atoms with Crippen LogP contribution in [0, 0.1) is 5.92 Å². The molecule has 1 aromatic rings. The SMILES string of the molecule is C/C=C/C(=O)OC1CC(=O)N(C)c2cc(cc(OC)c2Cl)C/C(C)=C/C=CC(OC)C2(O)CC(OC(=O)N2)C(C)C2OC12C. The lowest BCUT2D eigenvalue weighted by molar-refractivity contribution is -0.148. The Hall–Kier alpha value is -3.38. The fourth-order valence-electron chi connectivity index (χ4n) is 5.92. The number of rotatable bonds is 4. The van der Waals surface area contributed by atoms with Crippen LogP contribution in [0.25, 0.3) is 0 Å². The fourth-order valence-corrected chi connectivity index (χ4v) is 6.23. The number of carbonyl (C=O) groups excluding carboxylic acids is 3. The zero-order valence-electron chi connectivity index (χ0n) is 26.1. The molecular formula is C32H41ClN2O9. The van der Waals surface area contributed by atoms with Gasteiger partial charge in [0, 0.05) is 32.6 Å². The third kappa shape index (κ3) is 6.96. The van der Waals surface area contributed by atoms with E-state index in [-0.39, 0.29) is 23.8 Å². The summed E-state index contributed by atoms with van der Waals surface area (Å²) in [5.41, 5.74) is -0.634. The Morgan fingerprint density at radius 1 is 1.27 bits per heavy atom. The highest BCUT2D eigenvalue weighted by molar-refractivity contribution is 6.35. The lowest BCUT2D eigenvalue weighted by Gasteiger charge is -2.42. The molecule has 3 aliphatic rings. The van der Waals surface area contributed by atoms with Gasteiger partial charge in [0.2, 0.25) is 5.91 Å². The molecule has 0 spiro atoms. The molecule has 2 N–H and O–H groups in total. The average molecular weight is 633 g/mol. The van der Waals surface area contributed by atoms with Gasteiger partial charge in [0.15, 0.2) is 5.72 Å². The standard InChI is InChI=1S/C32H41ClN2O9/c1-8-10-27(37)43-25-16-26(36)35(5)21-14-20(15-22(40-6)28(21)33)13-18(2)11-9-12-24(41-7)32(39)17-23(42-30(38)34-32)19(3)29-31(25,4)44-29/h8-12,14-15,19,23-25,29,39H,13,16-17H2,1-7H3,(H,34,38)/b10-8+,12-9?,18-11+. The van der Waals surface area contributed by atoms with Gasteiger partial charge in [-0.15, -0.1) is 0 Å². The number of fused-ring (bicyclic) bond motifs is 5. The highest BCUT2D eigenvalue weighted by Gasteiger charge is 2.64. The number of anilines is 1. The number of aliphatic hydroxyl groups is 1. The van der Waals surface area contributed by atoms with Crippen molar-refractivity contribution in [3.63, 3.8) is 0 Å². The molecule has 2 amide bonds. The van der Waals surface area contributed by atoms with Crippen LogP contribution in [0.4, 0.5) is 10.5 Å². The summed E-state index contributed by atoms with van der Waals surface area (Å²) in [7, 11) is 4.54. The molecular weight excluding hydrogens is 592 g/mol. The summed E-state index contributed by atoms with van der Waals surface area (Å²) in [6.45, 7) is 7.19. The number of allylic oxidation sites excluding steroid dienone is 4. The second-order valence-electron chi connectivity index (χ2n) is 11.7. The number of hydrogen-bond acceptors (Lipinski definition) is 9. The molecule has 4 rings (SSSR count). The zero-order chi connectivity index (χ0) is 32.4. The fraction of sp³-hybridized carbons (Fsp3) is 0.531. The summed E-state index contributed by atoms with van der Waals surface area (Å²) >= 11 is 6.67. The van der Waals surface area contributed by atoms with E-state index in [9.17, 15) is 19.5 Å². The van der Waals surface area contributed by atoms with Gasteiger partial charge >= 0.3 is 12.1 Å². The molecule has 0 aliphatic carbocycles. The molecule has 4 bridgehead atoms. The first kappa shape index (κ1) is 33.5. The summed E-state index contributed by atoms with van der Waals surface area (Å²) in [6, 6.07) is 3.62. The van der Waals surface area contributed by atoms with Gasteiger partial charge < -0.3 is 33.7 Å². The Bertz CT molecular complexity index is 1380. The largest absolute Gasteiger partial charge is 0.495 e. The maximum atomic E-state index is 13.8. The molecule has 7 unspecified atom stereocenters. The predicted octanol–water partition coefficient (Wildman–Crippen LogP) is 4.24. The van der Waals surface area contributed by atoms with E-state index in [4.69, 9.17) is 35.3 Å². The Morgan fingerprint density at radius 2 is 2.00 bits per heavy atom. The minimum absolute atomic E-state index is 0.00376. The summed E-state index contributed by atoms with van der Waals surface area (Å²) in [6.07, 6.45) is 4.34. The van der Waals surface area contributed by atoms with Crippen molar-refractivity contribution in [2.45, 2.75) is 82.7 Å².